The molecule has 3 rings (SSSR count). The van der Waals surface area contributed by atoms with Gasteiger partial charge in [0.15, 0.2) is 12.4 Å². The van der Waals surface area contributed by atoms with Gasteiger partial charge in [-0.1, -0.05) is 73.7 Å². The number of rotatable bonds is 8. The molecule has 0 bridgehead atoms. The summed E-state index contributed by atoms with van der Waals surface area (Å²) >= 11 is 0. The van der Waals surface area contributed by atoms with Gasteiger partial charge in [-0.3, -0.25) is 14.4 Å². The molecule has 3 aromatic carbocycles. The topological polar surface area (TPSA) is 72.5 Å². The van der Waals surface area contributed by atoms with Gasteiger partial charge in [0.1, 0.15) is 6.54 Å². The minimum absolute atomic E-state index is 0.283. The Morgan fingerprint density at radius 1 is 0.767 bits per heavy atom. The Morgan fingerprint density at radius 2 is 1.37 bits per heavy atom. The predicted molar refractivity (Wildman–Crippen MR) is 115 cm³/mol. The number of hydrogen-bond acceptors (Lipinski definition) is 4. The highest BCUT2D eigenvalue weighted by Crippen LogP contribution is 2.19. The molecule has 5 heteroatoms. The van der Waals surface area contributed by atoms with E-state index < -0.39 is 5.97 Å². The normalized spacial score (nSPS) is 10.3. The molecule has 3 aromatic rings. The van der Waals surface area contributed by atoms with E-state index in [1.54, 1.807) is 24.3 Å². The van der Waals surface area contributed by atoms with Crippen molar-refractivity contribution in [3.8, 4) is 11.1 Å². The second-order valence-corrected chi connectivity index (χ2v) is 6.76. The number of aryl methyl sites for hydroxylation is 1. The van der Waals surface area contributed by atoms with Crippen LogP contribution >= 0.6 is 0 Å². The van der Waals surface area contributed by atoms with Crippen molar-refractivity contribution in [3.05, 3.63) is 95.6 Å². The van der Waals surface area contributed by atoms with Gasteiger partial charge in [0.2, 0.25) is 0 Å². The van der Waals surface area contributed by atoms with Crippen molar-refractivity contribution in [2.24, 2.45) is 0 Å². The third kappa shape index (κ3) is 5.64. The van der Waals surface area contributed by atoms with Crippen molar-refractivity contribution in [3.63, 3.8) is 0 Å². The summed E-state index contributed by atoms with van der Waals surface area (Å²) in [6.45, 7) is 1.37. The van der Waals surface area contributed by atoms with E-state index >= 15 is 0 Å². The van der Waals surface area contributed by atoms with Gasteiger partial charge >= 0.3 is 5.97 Å². The third-order valence-corrected chi connectivity index (χ3v) is 4.70. The lowest BCUT2D eigenvalue weighted by molar-refractivity contribution is -0.141. The van der Waals surface area contributed by atoms with E-state index in [1.165, 1.54) is 0 Å². The summed E-state index contributed by atoms with van der Waals surface area (Å²) < 4.78 is 4.97. The Morgan fingerprint density at radius 3 is 2.00 bits per heavy atom. The van der Waals surface area contributed by atoms with Crippen LogP contribution in [0.4, 0.5) is 0 Å². The Balaban J connectivity index is 1.46. The Labute approximate surface area is 175 Å². The predicted octanol–water partition coefficient (Wildman–Crippen LogP) is 4.07. The summed E-state index contributed by atoms with van der Waals surface area (Å²) in [7, 11) is 0. The van der Waals surface area contributed by atoms with E-state index in [-0.39, 0.29) is 24.8 Å². The highest BCUT2D eigenvalue weighted by molar-refractivity contribution is 5.99. The summed E-state index contributed by atoms with van der Waals surface area (Å²) in [5, 5.41) is 2.51. The molecule has 1 amide bonds. The summed E-state index contributed by atoms with van der Waals surface area (Å²) in [4.78, 5) is 36.2. The van der Waals surface area contributed by atoms with Crippen molar-refractivity contribution in [1.82, 2.24) is 5.32 Å². The van der Waals surface area contributed by atoms with Crippen LogP contribution in [0.3, 0.4) is 0 Å². The van der Waals surface area contributed by atoms with Gasteiger partial charge in [-0.15, -0.1) is 0 Å². The van der Waals surface area contributed by atoms with E-state index in [0.29, 0.717) is 11.1 Å². The minimum atomic E-state index is -0.664. The van der Waals surface area contributed by atoms with Crippen molar-refractivity contribution < 1.29 is 19.1 Å². The highest BCUT2D eigenvalue weighted by atomic mass is 16.5. The zero-order valence-corrected chi connectivity index (χ0v) is 16.8. The summed E-state index contributed by atoms with van der Waals surface area (Å²) in [5.74, 6) is -1.33. The number of ketones is 1. The molecular formula is C25H23NO4. The number of amides is 1. The zero-order valence-electron chi connectivity index (χ0n) is 16.8. The molecule has 0 aliphatic heterocycles. The van der Waals surface area contributed by atoms with Gasteiger partial charge in [-0.25, -0.2) is 0 Å². The molecule has 0 heterocycles. The quantitative estimate of drug-likeness (QED) is 0.456. The lowest BCUT2D eigenvalue weighted by Crippen LogP contribution is -2.31. The Bertz CT molecular complexity index is 1010. The second kappa shape index (κ2) is 10.2. The van der Waals surface area contributed by atoms with Gasteiger partial charge in [0.25, 0.3) is 5.91 Å². The molecule has 0 spiro atoms. The molecule has 30 heavy (non-hydrogen) atoms. The van der Waals surface area contributed by atoms with Crippen LogP contribution in [0.15, 0.2) is 78.9 Å². The fourth-order valence-electron chi connectivity index (χ4n) is 2.91. The monoisotopic (exact) mass is 401 g/mol. The molecule has 0 saturated carbocycles. The first-order valence-corrected chi connectivity index (χ1v) is 9.78. The maximum Gasteiger partial charge on any atom is 0.325 e. The molecule has 0 atom stereocenters. The minimum Gasteiger partial charge on any atom is -0.456 e. The molecule has 0 unspecified atom stereocenters. The number of Topliss-reactive ketones (excluding diaryl/α,β-unsaturated/α-hetero) is 1. The van der Waals surface area contributed by atoms with Gasteiger partial charge < -0.3 is 10.1 Å². The number of ether oxygens (including phenoxy) is 1. The SMILES string of the molecule is CCc1ccc(C(=O)COC(=O)CNC(=O)c2ccc(-c3ccccc3)cc2)cc1. The smallest absolute Gasteiger partial charge is 0.325 e. The summed E-state index contributed by atoms with van der Waals surface area (Å²) in [6, 6.07) is 24.1. The average Bonchev–Trinajstić information content (AvgIpc) is 2.81. The van der Waals surface area contributed by atoms with Gasteiger partial charge in [0, 0.05) is 11.1 Å². The summed E-state index contributed by atoms with van der Waals surface area (Å²) in [5.41, 5.74) is 4.11. The average molecular weight is 401 g/mol. The van der Waals surface area contributed by atoms with Crippen LogP contribution in [0.25, 0.3) is 11.1 Å². The Kier molecular flexibility index (Phi) is 7.11. The van der Waals surface area contributed by atoms with Crippen molar-refractivity contribution in [2.45, 2.75) is 13.3 Å². The van der Waals surface area contributed by atoms with E-state index in [4.69, 9.17) is 4.74 Å². The van der Waals surface area contributed by atoms with Crippen LogP contribution in [-0.4, -0.2) is 30.8 Å². The lowest BCUT2D eigenvalue weighted by atomic mass is 10.0. The van der Waals surface area contributed by atoms with Crippen LogP contribution in [0.2, 0.25) is 0 Å². The maximum atomic E-state index is 12.2. The van der Waals surface area contributed by atoms with E-state index in [0.717, 1.165) is 23.1 Å². The van der Waals surface area contributed by atoms with Gasteiger partial charge in [-0.05, 0) is 35.2 Å². The molecular weight excluding hydrogens is 378 g/mol. The van der Waals surface area contributed by atoms with Crippen LogP contribution < -0.4 is 5.32 Å². The van der Waals surface area contributed by atoms with Gasteiger partial charge in [-0.2, -0.15) is 0 Å². The van der Waals surface area contributed by atoms with E-state index in [9.17, 15) is 14.4 Å². The van der Waals surface area contributed by atoms with E-state index in [2.05, 4.69) is 5.32 Å². The molecule has 1 N–H and O–H groups in total. The van der Waals surface area contributed by atoms with Crippen LogP contribution in [0, 0.1) is 0 Å². The van der Waals surface area contributed by atoms with Crippen molar-refractivity contribution >= 4 is 17.7 Å². The molecule has 0 saturated heterocycles. The molecule has 0 fully saturated rings. The molecule has 5 nitrogen and oxygen atoms in total. The molecule has 0 aromatic heterocycles. The number of carbonyl (C=O) groups is 3. The first-order valence-electron chi connectivity index (χ1n) is 9.78. The van der Waals surface area contributed by atoms with Crippen LogP contribution in [-0.2, 0) is 16.0 Å². The lowest BCUT2D eigenvalue weighted by Gasteiger charge is -2.07. The van der Waals surface area contributed by atoms with E-state index in [1.807, 2.05) is 61.5 Å². The molecule has 0 radical (unpaired) electrons. The highest BCUT2D eigenvalue weighted by Gasteiger charge is 2.12. The maximum absolute atomic E-state index is 12.2. The number of hydrogen-bond donors (Lipinski definition) is 1. The number of benzene rings is 3. The van der Waals surface area contributed by atoms with Crippen molar-refractivity contribution in [2.75, 3.05) is 13.2 Å². The number of esters is 1. The zero-order chi connectivity index (χ0) is 21.3. The fourth-order valence-corrected chi connectivity index (χ4v) is 2.91. The molecule has 0 aliphatic rings. The van der Waals surface area contributed by atoms with Gasteiger partial charge in [0.05, 0.1) is 0 Å². The van der Waals surface area contributed by atoms with Crippen molar-refractivity contribution in [1.29, 1.82) is 0 Å². The largest absolute Gasteiger partial charge is 0.456 e. The Hall–Kier alpha value is -3.73. The summed E-state index contributed by atoms with van der Waals surface area (Å²) in [6.07, 6.45) is 0.887. The number of carbonyl (C=O) groups excluding carboxylic acids is 3. The second-order valence-electron chi connectivity index (χ2n) is 6.76. The third-order valence-electron chi connectivity index (χ3n) is 4.70. The molecule has 0 aliphatic carbocycles. The molecule has 152 valence electrons. The van der Waals surface area contributed by atoms with Crippen LogP contribution in [0.1, 0.15) is 33.2 Å². The standard InChI is InChI=1S/C25H23NO4/c1-2-18-8-10-21(11-9-18)23(27)17-30-24(28)16-26-25(29)22-14-12-20(13-15-22)19-6-4-3-5-7-19/h3-15H,2,16-17H2,1H3,(H,26,29). The number of nitrogens with one attached hydrogen (secondary N) is 1. The fraction of sp³-hybridized carbons (Fsp3) is 0.160. The first kappa shape index (κ1) is 21.0. The van der Waals surface area contributed by atoms with Crippen LogP contribution in [0.5, 0.6) is 0 Å². The first-order chi connectivity index (χ1) is 14.6.